The van der Waals surface area contributed by atoms with Gasteiger partial charge in [-0.3, -0.25) is 14.4 Å². The molecule has 3 aromatic carbocycles. The van der Waals surface area contributed by atoms with E-state index in [0.717, 1.165) is 34.2 Å². The molecule has 4 rings (SSSR count). The Morgan fingerprint density at radius 3 is 2.45 bits per heavy atom. The number of carbonyl (C=O) groups excluding carboxylic acids is 2. The van der Waals surface area contributed by atoms with Crippen LogP contribution in [0.25, 0.3) is 0 Å². The van der Waals surface area contributed by atoms with Crippen molar-refractivity contribution in [1.29, 1.82) is 0 Å². The van der Waals surface area contributed by atoms with Crippen LogP contribution in [0.4, 0.5) is 5.69 Å². The largest absolute Gasteiger partial charge is 0.481 e. The Morgan fingerprint density at radius 2 is 1.77 bits per heavy atom. The van der Waals surface area contributed by atoms with Crippen molar-refractivity contribution in [2.75, 3.05) is 11.9 Å². The van der Waals surface area contributed by atoms with Crippen LogP contribution in [0, 0.1) is 12.8 Å². The number of carbonyl (C=O) groups is 3. The number of nitrogens with one attached hydrogen (secondary N) is 1. The number of anilines is 1. The maximum absolute atomic E-state index is 13.6. The second-order valence-electron chi connectivity index (χ2n) is 10.1. The molecule has 0 aromatic heterocycles. The molecule has 208 valence electrons. The highest BCUT2D eigenvalue weighted by Gasteiger charge is 2.27. The predicted octanol–water partition coefficient (Wildman–Crippen LogP) is 5.50. The normalized spacial score (nSPS) is 14.6. The maximum Gasteiger partial charge on any atom is 0.303 e. The number of hydrogen-bond donors (Lipinski definition) is 2. The monoisotopic (exact) mass is 541 g/mol. The quantitative estimate of drug-likeness (QED) is 0.333. The van der Waals surface area contributed by atoms with Gasteiger partial charge in [0.2, 0.25) is 11.8 Å². The summed E-state index contributed by atoms with van der Waals surface area (Å²) in [7, 11) is 0. The average Bonchev–Trinajstić information content (AvgIpc) is 2.96. The molecular formula is C32H35N3O5. The molecule has 2 amide bonds. The number of aryl methyl sites for hydroxylation is 1. The lowest BCUT2D eigenvalue weighted by Gasteiger charge is -2.25. The van der Waals surface area contributed by atoms with Crippen LogP contribution in [-0.2, 0) is 32.1 Å². The minimum Gasteiger partial charge on any atom is -0.481 e. The molecule has 0 saturated carbocycles. The average molecular weight is 542 g/mol. The third-order valence-corrected chi connectivity index (χ3v) is 7.33. The number of hydrogen-bond acceptors (Lipinski definition) is 5. The molecule has 3 aromatic rings. The Hall–Kier alpha value is -4.46. The number of amides is 2. The molecule has 0 fully saturated rings. The first-order chi connectivity index (χ1) is 19.3. The highest BCUT2D eigenvalue weighted by Crippen LogP contribution is 2.30. The zero-order chi connectivity index (χ0) is 28.6. The molecule has 0 unspecified atom stereocenters. The fourth-order valence-electron chi connectivity index (χ4n) is 4.76. The van der Waals surface area contributed by atoms with E-state index in [0.29, 0.717) is 24.6 Å². The smallest absolute Gasteiger partial charge is 0.303 e. The molecule has 0 bridgehead atoms. The van der Waals surface area contributed by atoms with Gasteiger partial charge < -0.3 is 15.2 Å². The van der Waals surface area contributed by atoms with Gasteiger partial charge >= 0.3 is 5.97 Å². The third kappa shape index (κ3) is 6.94. The second-order valence-corrected chi connectivity index (χ2v) is 10.1. The Bertz CT molecular complexity index is 1390. The second kappa shape index (κ2) is 13.1. The van der Waals surface area contributed by atoms with Crippen molar-refractivity contribution < 1.29 is 24.2 Å². The van der Waals surface area contributed by atoms with Gasteiger partial charge in [0, 0.05) is 17.7 Å². The first-order valence-electron chi connectivity index (χ1n) is 13.5. The van der Waals surface area contributed by atoms with Crippen molar-refractivity contribution in [1.82, 2.24) is 5.01 Å². The summed E-state index contributed by atoms with van der Waals surface area (Å²) < 4.78 is 5.54. The lowest BCUT2D eigenvalue weighted by atomic mass is 9.84. The Balaban J connectivity index is 1.50. The molecule has 0 aliphatic carbocycles. The third-order valence-electron chi connectivity index (χ3n) is 7.33. The van der Waals surface area contributed by atoms with E-state index in [9.17, 15) is 14.4 Å². The van der Waals surface area contributed by atoms with Crippen molar-refractivity contribution in [2.24, 2.45) is 11.0 Å². The van der Waals surface area contributed by atoms with Gasteiger partial charge in [0.25, 0.3) is 5.91 Å². The number of nitrogens with zero attached hydrogens (tertiary/aromatic N) is 2. The van der Waals surface area contributed by atoms with Crippen molar-refractivity contribution in [3.63, 3.8) is 0 Å². The predicted molar refractivity (Wildman–Crippen MR) is 154 cm³/mol. The number of carboxylic acids is 1. The van der Waals surface area contributed by atoms with Gasteiger partial charge in [-0.05, 0) is 59.7 Å². The van der Waals surface area contributed by atoms with Gasteiger partial charge in [-0.1, -0.05) is 74.9 Å². The van der Waals surface area contributed by atoms with Crippen LogP contribution >= 0.6 is 0 Å². The van der Waals surface area contributed by atoms with E-state index in [-0.39, 0.29) is 36.7 Å². The van der Waals surface area contributed by atoms with Crippen LogP contribution in [0.3, 0.4) is 0 Å². The topological polar surface area (TPSA) is 108 Å². The molecule has 1 aliphatic rings. The maximum atomic E-state index is 13.6. The van der Waals surface area contributed by atoms with Crippen molar-refractivity contribution >= 4 is 29.4 Å². The van der Waals surface area contributed by atoms with Crippen molar-refractivity contribution in [3.8, 4) is 0 Å². The van der Waals surface area contributed by atoms with Crippen molar-refractivity contribution in [3.05, 3.63) is 101 Å². The Labute approximate surface area is 234 Å². The van der Waals surface area contributed by atoms with E-state index in [4.69, 9.17) is 9.84 Å². The minimum absolute atomic E-state index is 0.0367. The molecule has 2 atom stereocenters. The van der Waals surface area contributed by atoms with E-state index < -0.39 is 5.97 Å². The lowest BCUT2D eigenvalue weighted by molar-refractivity contribution is -0.137. The Kier molecular flexibility index (Phi) is 9.32. The zero-order valence-corrected chi connectivity index (χ0v) is 23.1. The summed E-state index contributed by atoms with van der Waals surface area (Å²) in [5, 5.41) is 18.0. The van der Waals surface area contributed by atoms with Gasteiger partial charge in [0.1, 0.15) is 0 Å². The number of aliphatic carboxylic acids is 1. The van der Waals surface area contributed by atoms with Crippen LogP contribution in [0.15, 0.2) is 77.9 Å². The molecule has 0 spiro atoms. The molecule has 1 aliphatic heterocycles. The number of rotatable bonds is 11. The van der Waals surface area contributed by atoms with Gasteiger partial charge in [0.05, 0.1) is 12.5 Å². The highest BCUT2D eigenvalue weighted by molar-refractivity contribution is 5.98. The van der Waals surface area contributed by atoms with Crippen LogP contribution in [0.2, 0.25) is 0 Å². The van der Waals surface area contributed by atoms with E-state index in [1.807, 2.05) is 79.7 Å². The fourth-order valence-corrected chi connectivity index (χ4v) is 4.76. The van der Waals surface area contributed by atoms with Crippen LogP contribution in [-0.4, -0.2) is 40.4 Å². The van der Waals surface area contributed by atoms with Crippen molar-refractivity contribution in [2.45, 2.75) is 52.5 Å². The number of ether oxygens (including phenoxy) is 1. The fraction of sp³-hybridized carbons (Fsp3) is 0.312. The van der Waals surface area contributed by atoms with Crippen LogP contribution < -0.4 is 5.32 Å². The summed E-state index contributed by atoms with van der Waals surface area (Å²) in [6.45, 7) is 6.24. The van der Waals surface area contributed by atoms with Crippen LogP contribution in [0.5, 0.6) is 0 Å². The lowest BCUT2D eigenvalue weighted by Crippen LogP contribution is -2.36. The molecule has 0 radical (unpaired) electrons. The molecule has 8 nitrogen and oxygen atoms in total. The molecule has 8 heteroatoms. The highest BCUT2D eigenvalue weighted by atomic mass is 16.5. The summed E-state index contributed by atoms with van der Waals surface area (Å²) in [6, 6.07) is 22.8. The van der Waals surface area contributed by atoms with Gasteiger partial charge in [-0.2, -0.15) is 0 Å². The van der Waals surface area contributed by atoms with Gasteiger partial charge in [-0.15, -0.1) is 5.10 Å². The first kappa shape index (κ1) is 28.5. The number of benzene rings is 3. The number of hydrazone groups is 1. The van der Waals surface area contributed by atoms with Gasteiger partial charge in [-0.25, -0.2) is 5.01 Å². The molecule has 1 heterocycles. The molecule has 40 heavy (non-hydrogen) atoms. The molecule has 0 saturated heterocycles. The van der Waals surface area contributed by atoms with Gasteiger partial charge in [0.15, 0.2) is 6.61 Å². The van der Waals surface area contributed by atoms with E-state index >= 15 is 0 Å². The SMILES string of the molecule is CC[C@@H](C)[C@H](C(=O)Nc1cccc(CCC(=O)O)c1C)c1ccc(CN2N=C(c3ccccc3)OCC2=O)cc1. The van der Waals surface area contributed by atoms with E-state index in [1.165, 1.54) is 5.01 Å². The summed E-state index contributed by atoms with van der Waals surface area (Å²) in [4.78, 5) is 37.1. The summed E-state index contributed by atoms with van der Waals surface area (Å²) >= 11 is 0. The van der Waals surface area contributed by atoms with Crippen LogP contribution in [0.1, 0.15) is 60.4 Å². The Morgan fingerprint density at radius 1 is 1.05 bits per heavy atom. The summed E-state index contributed by atoms with van der Waals surface area (Å²) in [5.41, 5.74) is 5.05. The number of carboxylic acid groups (broad SMARTS) is 1. The zero-order valence-electron chi connectivity index (χ0n) is 23.1. The summed E-state index contributed by atoms with van der Waals surface area (Å²) in [5.74, 6) is -1.07. The standard InChI is InChI=1S/C32H35N3O5/c1-4-21(2)30(31(39)33-27-12-8-11-24(22(27)3)17-18-29(37)38)25-15-13-23(14-16-25)19-35-28(36)20-40-32(34-35)26-9-6-5-7-10-26/h5-16,21,30H,4,17-20H2,1-3H3,(H,33,39)(H,37,38)/t21-,30+/m1/s1. The van der Waals surface area contributed by atoms with E-state index in [1.54, 1.807) is 0 Å². The molecular weight excluding hydrogens is 506 g/mol. The first-order valence-corrected chi connectivity index (χ1v) is 13.5. The van der Waals surface area contributed by atoms with E-state index in [2.05, 4.69) is 24.3 Å². The minimum atomic E-state index is -0.851. The summed E-state index contributed by atoms with van der Waals surface area (Å²) in [6.07, 6.45) is 1.26. The molecule has 2 N–H and O–H groups in total.